The van der Waals surface area contributed by atoms with Crippen LogP contribution >= 0.6 is 0 Å². The molecular formula is C30H27FN4O3. The molecule has 7 nitrogen and oxygen atoms in total. The van der Waals surface area contributed by atoms with E-state index >= 15 is 0 Å². The van der Waals surface area contributed by atoms with Gasteiger partial charge in [-0.3, -0.25) is 4.79 Å². The van der Waals surface area contributed by atoms with Crippen LogP contribution in [0, 0.1) is 5.82 Å². The molecule has 3 heterocycles. The summed E-state index contributed by atoms with van der Waals surface area (Å²) in [7, 11) is 1.58. The van der Waals surface area contributed by atoms with Crippen LogP contribution in [0.5, 0.6) is 17.4 Å². The molecule has 38 heavy (non-hydrogen) atoms. The topological polar surface area (TPSA) is 67.8 Å². The van der Waals surface area contributed by atoms with Crippen molar-refractivity contribution in [2.45, 2.75) is 25.9 Å². The van der Waals surface area contributed by atoms with Crippen molar-refractivity contribution in [2.75, 3.05) is 25.1 Å². The molecule has 3 aromatic carbocycles. The van der Waals surface area contributed by atoms with E-state index < -0.39 is 5.82 Å². The number of halogens is 1. The van der Waals surface area contributed by atoms with E-state index in [0.29, 0.717) is 54.9 Å². The highest BCUT2D eigenvalue weighted by Crippen LogP contribution is 2.33. The van der Waals surface area contributed by atoms with Gasteiger partial charge in [0.1, 0.15) is 17.3 Å². The smallest absolute Gasteiger partial charge is 0.254 e. The number of carbonyl (C=O) groups is 1. The van der Waals surface area contributed by atoms with E-state index in [1.54, 1.807) is 42.3 Å². The number of anilines is 1. The predicted molar refractivity (Wildman–Crippen MR) is 141 cm³/mol. The lowest BCUT2D eigenvalue weighted by atomic mass is 10.0. The molecule has 0 aliphatic carbocycles. The molecule has 0 saturated carbocycles. The van der Waals surface area contributed by atoms with E-state index in [4.69, 9.17) is 19.4 Å². The first-order chi connectivity index (χ1) is 18.6. The Morgan fingerprint density at radius 3 is 2.53 bits per heavy atom. The predicted octanol–water partition coefficient (Wildman–Crippen LogP) is 5.18. The summed E-state index contributed by atoms with van der Waals surface area (Å²) in [4.78, 5) is 27.0. The van der Waals surface area contributed by atoms with Crippen LogP contribution in [-0.2, 0) is 25.9 Å². The zero-order chi connectivity index (χ0) is 26.1. The van der Waals surface area contributed by atoms with E-state index in [2.05, 4.69) is 23.1 Å². The van der Waals surface area contributed by atoms with Crippen molar-refractivity contribution >= 4 is 11.9 Å². The SMILES string of the molecule is COc1cccc(C(=O)N2CCc3nc(N4CCc5ccccc5C4)nc(Oc4cccc(F)c4)c3C2)c1. The van der Waals surface area contributed by atoms with E-state index in [1.807, 2.05) is 12.1 Å². The Morgan fingerprint density at radius 2 is 1.68 bits per heavy atom. The van der Waals surface area contributed by atoms with Gasteiger partial charge in [0.15, 0.2) is 0 Å². The maximum absolute atomic E-state index is 14.0. The average molecular weight is 511 g/mol. The number of hydrogen-bond donors (Lipinski definition) is 0. The molecule has 0 unspecified atom stereocenters. The number of methoxy groups -OCH3 is 1. The number of aromatic nitrogens is 2. The van der Waals surface area contributed by atoms with Crippen molar-refractivity contribution in [1.82, 2.24) is 14.9 Å². The number of amides is 1. The number of rotatable bonds is 5. The molecule has 0 N–H and O–H groups in total. The summed E-state index contributed by atoms with van der Waals surface area (Å²) in [5, 5.41) is 0. The molecule has 0 saturated heterocycles. The van der Waals surface area contributed by atoms with Gasteiger partial charge in [-0.1, -0.05) is 36.4 Å². The van der Waals surface area contributed by atoms with Gasteiger partial charge in [-0.25, -0.2) is 9.37 Å². The van der Waals surface area contributed by atoms with Gasteiger partial charge in [-0.2, -0.15) is 4.98 Å². The van der Waals surface area contributed by atoms with Crippen molar-refractivity contribution in [2.24, 2.45) is 0 Å². The molecule has 0 radical (unpaired) electrons. The molecule has 0 atom stereocenters. The Kier molecular flexibility index (Phi) is 6.37. The first-order valence-corrected chi connectivity index (χ1v) is 12.7. The quantitative estimate of drug-likeness (QED) is 0.369. The fourth-order valence-corrected chi connectivity index (χ4v) is 5.02. The molecule has 2 aliphatic rings. The first kappa shape index (κ1) is 23.9. The van der Waals surface area contributed by atoms with Gasteiger partial charge in [0.2, 0.25) is 11.8 Å². The summed E-state index contributed by atoms with van der Waals surface area (Å²) >= 11 is 0. The van der Waals surface area contributed by atoms with Crippen LogP contribution in [0.15, 0.2) is 72.8 Å². The fourth-order valence-electron chi connectivity index (χ4n) is 5.02. The third kappa shape index (κ3) is 4.77. The molecular weight excluding hydrogens is 483 g/mol. The van der Waals surface area contributed by atoms with Gasteiger partial charge in [0.25, 0.3) is 5.91 Å². The molecule has 192 valence electrons. The maximum Gasteiger partial charge on any atom is 0.254 e. The van der Waals surface area contributed by atoms with Crippen molar-refractivity contribution < 1.29 is 18.7 Å². The van der Waals surface area contributed by atoms with Crippen LogP contribution in [0.3, 0.4) is 0 Å². The summed E-state index contributed by atoms with van der Waals surface area (Å²) in [6.07, 6.45) is 1.46. The molecule has 8 heteroatoms. The van der Waals surface area contributed by atoms with Crippen LogP contribution in [0.1, 0.15) is 32.7 Å². The van der Waals surface area contributed by atoms with Gasteiger partial charge < -0.3 is 19.3 Å². The lowest BCUT2D eigenvalue weighted by Gasteiger charge is -2.32. The van der Waals surface area contributed by atoms with Gasteiger partial charge in [-0.15, -0.1) is 0 Å². The Hall–Kier alpha value is -4.46. The molecule has 1 aromatic heterocycles. The van der Waals surface area contributed by atoms with E-state index in [0.717, 1.165) is 24.2 Å². The average Bonchev–Trinajstić information content (AvgIpc) is 2.96. The number of hydrogen-bond acceptors (Lipinski definition) is 6. The Morgan fingerprint density at radius 1 is 0.868 bits per heavy atom. The van der Waals surface area contributed by atoms with Crippen LogP contribution in [-0.4, -0.2) is 41.0 Å². The van der Waals surface area contributed by atoms with E-state index in [1.165, 1.54) is 23.3 Å². The van der Waals surface area contributed by atoms with Crippen molar-refractivity contribution in [3.63, 3.8) is 0 Å². The fraction of sp³-hybridized carbons (Fsp3) is 0.233. The molecule has 0 spiro atoms. The molecule has 6 rings (SSSR count). The van der Waals surface area contributed by atoms with Gasteiger partial charge in [-0.05, 0) is 47.9 Å². The maximum atomic E-state index is 14.0. The highest BCUT2D eigenvalue weighted by Gasteiger charge is 2.29. The van der Waals surface area contributed by atoms with Crippen LogP contribution < -0.4 is 14.4 Å². The summed E-state index contributed by atoms with van der Waals surface area (Å²) in [6, 6.07) is 21.5. The first-order valence-electron chi connectivity index (χ1n) is 12.7. The second kappa shape index (κ2) is 10.1. The number of benzene rings is 3. The molecule has 1 amide bonds. The second-order valence-electron chi connectivity index (χ2n) is 9.46. The number of ether oxygens (including phenoxy) is 2. The zero-order valence-electron chi connectivity index (χ0n) is 21.1. The molecule has 0 fully saturated rings. The standard InChI is InChI=1S/C30H27FN4O3/c1-37-24-10-4-8-21(16-24)29(36)34-15-13-27-26(19-34)28(38-25-11-5-9-23(31)17-25)33-30(32-27)35-14-12-20-6-2-3-7-22(20)18-35/h2-11,16-17H,12-15,18-19H2,1H3. The minimum Gasteiger partial charge on any atom is -0.497 e. The van der Waals surface area contributed by atoms with E-state index in [-0.39, 0.29) is 5.91 Å². The highest BCUT2D eigenvalue weighted by atomic mass is 19.1. The largest absolute Gasteiger partial charge is 0.497 e. The lowest BCUT2D eigenvalue weighted by Crippen LogP contribution is -2.37. The van der Waals surface area contributed by atoms with Crippen LogP contribution in [0.4, 0.5) is 10.3 Å². The molecule has 0 bridgehead atoms. The normalized spacial score (nSPS) is 14.5. The Labute approximate surface area is 220 Å². The third-order valence-electron chi connectivity index (χ3n) is 7.04. The summed E-state index contributed by atoms with van der Waals surface area (Å²) in [5.74, 6) is 1.39. The monoisotopic (exact) mass is 510 g/mol. The van der Waals surface area contributed by atoms with Crippen molar-refractivity contribution in [1.29, 1.82) is 0 Å². The summed E-state index contributed by atoms with van der Waals surface area (Å²) in [6.45, 7) is 2.30. The lowest BCUT2D eigenvalue weighted by molar-refractivity contribution is 0.0731. The van der Waals surface area contributed by atoms with Crippen LogP contribution in [0.2, 0.25) is 0 Å². The number of nitrogens with zero attached hydrogens (tertiary/aromatic N) is 4. The van der Waals surface area contributed by atoms with Gasteiger partial charge in [0, 0.05) is 37.7 Å². The minimum atomic E-state index is -0.395. The van der Waals surface area contributed by atoms with Gasteiger partial charge in [0.05, 0.1) is 24.9 Å². The van der Waals surface area contributed by atoms with Crippen molar-refractivity contribution in [3.8, 4) is 17.4 Å². The van der Waals surface area contributed by atoms with Gasteiger partial charge >= 0.3 is 0 Å². The Balaban J connectivity index is 1.34. The molecule has 4 aromatic rings. The second-order valence-corrected chi connectivity index (χ2v) is 9.46. The zero-order valence-corrected chi connectivity index (χ0v) is 21.1. The minimum absolute atomic E-state index is 0.108. The number of fused-ring (bicyclic) bond motifs is 2. The molecule has 2 aliphatic heterocycles. The Bertz CT molecular complexity index is 1510. The number of carbonyl (C=O) groups excluding carboxylic acids is 1. The summed E-state index contributed by atoms with van der Waals surface area (Å²) in [5.41, 5.74) is 4.71. The highest BCUT2D eigenvalue weighted by molar-refractivity contribution is 5.94. The third-order valence-corrected chi connectivity index (χ3v) is 7.04. The summed E-state index contributed by atoms with van der Waals surface area (Å²) < 4.78 is 25.4. The van der Waals surface area contributed by atoms with Crippen molar-refractivity contribution in [3.05, 3.63) is 107 Å². The van der Waals surface area contributed by atoms with E-state index in [9.17, 15) is 9.18 Å². The van der Waals surface area contributed by atoms with Crippen LogP contribution in [0.25, 0.3) is 0 Å².